The largest absolute Gasteiger partial charge is 0.394 e. The van der Waals surface area contributed by atoms with Crippen LogP contribution in [0.2, 0.25) is 0 Å². The number of hydrogen-bond donors (Lipinski definition) is 2. The summed E-state index contributed by atoms with van der Waals surface area (Å²) < 4.78 is 40.5. The van der Waals surface area contributed by atoms with E-state index in [1.807, 2.05) is 0 Å². The number of rotatable bonds is 4. The van der Waals surface area contributed by atoms with E-state index in [1.165, 1.54) is 18.2 Å². The second-order valence-electron chi connectivity index (χ2n) is 5.04. The zero-order chi connectivity index (χ0) is 13.9. The molecular weight excluding hydrogens is 269 g/mol. The lowest BCUT2D eigenvalue weighted by atomic mass is 9.83. The van der Waals surface area contributed by atoms with E-state index in [0.717, 1.165) is 25.3 Å². The molecule has 1 aliphatic carbocycles. The van der Waals surface area contributed by atoms with Crippen LogP contribution in [-0.2, 0) is 10.0 Å². The Hall–Kier alpha value is -0.980. The number of sulfonamides is 1. The first-order chi connectivity index (χ1) is 8.99. The summed E-state index contributed by atoms with van der Waals surface area (Å²) in [6.45, 7) is -0.263. The number of benzene rings is 1. The molecule has 1 aromatic carbocycles. The maximum atomic E-state index is 13.6. The lowest BCUT2D eigenvalue weighted by Crippen LogP contribution is -2.52. The summed E-state index contributed by atoms with van der Waals surface area (Å²) in [5, 5.41) is 9.50. The van der Waals surface area contributed by atoms with Crippen molar-refractivity contribution in [2.24, 2.45) is 0 Å². The van der Waals surface area contributed by atoms with Gasteiger partial charge in [0, 0.05) is 0 Å². The van der Waals surface area contributed by atoms with Crippen molar-refractivity contribution in [1.82, 2.24) is 4.72 Å². The minimum Gasteiger partial charge on any atom is -0.394 e. The molecule has 0 spiro atoms. The van der Waals surface area contributed by atoms with Gasteiger partial charge in [0.05, 0.1) is 12.1 Å². The molecule has 0 radical (unpaired) electrons. The maximum Gasteiger partial charge on any atom is 0.244 e. The molecule has 0 bridgehead atoms. The molecule has 0 aromatic heterocycles. The van der Waals surface area contributed by atoms with E-state index in [2.05, 4.69) is 4.72 Å². The third-order valence-electron chi connectivity index (χ3n) is 3.59. The van der Waals surface area contributed by atoms with E-state index in [1.54, 1.807) is 0 Å². The fraction of sp³-hybridized carbons (Fsp3) is 0.538. The van der Waals surface area contributed by atoms with Crippen molar-refractivity contribution in [2.45, 2.75) is 42.5 Å². The van der Waals surface area contributed by atoms with Gasteiger partial charge < -0.3 is 5.11 Å². The highest BCUT2D eigenvalue weighted by Crippen LogP contribution is 2.29. The highest BCUT2D eigenvalue weighted by Gasteiger charge is 2.36. The molecule has 0 heterocycles. The van der Waals surface area contributed by atoms with E-state index < -0.39 is 21.4 Å². The molecule has 1 aromatic rings. The molecule has 0 amide bonds. The molecule has 19 heavy (non-hydrogen) atoms. The Morgan fingerprint density at radius 3 is 2.42 bits per heavy atom. The maximum absolute atomic E-state index is 13.6. The SMILES string of the molecule is O=S(=O)(NC1(CO)CCCCC1)c1ccccc1F. The molecule has 1 fully saturated rings. The van der Waals surface area contributed by atoms with E-state index >= 15 is 0 Å². The molecule has 0 aliphatic heterocycles. The van der Waals surface area contributed by atoms with Crippen molar-refractivity contribution >= 4 is 10.0 Å². The van der Waals surface area contributed by atoms with Crippen molar-refractivity contribution < 1.29 is 17.9 Å². The summed E-state index contributed by atoms with van der Waals surface area (Å²) in [5.41, 5.74) is -0.848. The Morgan fingerprint density at radius 1 is 1.21 bits per heavy atom. The summed E-state index contributed by atoms with van der Waals surface area (Å²) in [5.74, 6) is -0.779. The van der Waals surface area contributed by atoms with E-state index in [-0.39, 0.29) is 11.5 Å². The predicted octanol–water partition coefficient (Wildman–Crippen LogP) is 1.80. The van der Waals surface area contributed by atoms with Crippen LogP contribution < -0.4 is 4.72 Å². The van der Waals surface area contributed by atoms with Gasteiger partial charge >= 0.3 is 0 Å². The summed E-state index contributed by atoms with van der Waals surface area (Å²) in [6.07, 6.45) is 3.91. The van der Waals surface area contributed by atoms with Crippen LogP contribution in [0.3, 0.4) is 0 Å². The minimum atomic E-state index is -3.95. The van der Waals surface area contributed by atoms with Gasteiger partial charge in [-0.3, -0.25) is 0 Å². The predicted molar refractivity (Wildman–Crippen MR) is 69.6 cm³/mol. The second-order valence-corrected chi connectivity index (χ2v) is 6.69. The molecular formula is C13H18FNO3S. The Bertz CT molecular complexity index is 539. The first-order valence-corrected chi connectivity index (χ1v) is 7.87. The number of aliphatic hydroxyl groups is 1. The molecule has 1 aliphatic rings. The Balaban J connectivity index is 2.28. The highest BCUT2D eigenvalue weighted by atomic mass is 32.2. The topological polar surface area (TPSA) is 66.4 Å². The average Bonchev–Trinajstić information content (AvgIpc) is 2.39. The van der Waals surface area contributed by atoms with Gasteiger partial charge in [-0.05, 0) is 25.0 Å². The third kappa shape index (κ3) is 3.13. The zero-order valence-electron chi connectivity index (χ0n) is 10.6. The van der Waals surface area contributed by atoms with Crippen molar-refractivity contribution in [1.29, 1.82) is 0 Å². The minimum absolute atomic E-state index is 0.263. The lowest BCUT2D eigenvalue weighted by Gasteiger charge is -2.36. The Labute approximate surface area is 112 Å². The number of halogens is 1. The van der Waals surface area contributed by atoms with E-state index in [9.17, 15) is 17.9 Å². The molecule has 1 saturated carbocycles. The van der Waals surface area contributed by atoms with Gasteiger partial charge in [-0.25, -0.2) is 17.5 Å². The second kappa shape index (κ2) is 5.56. The molecule has 2 N–H and O–H groups in total. The van der Waals surface area contributed by atoms with Gasteiger partial charge in [-0.15, -0.1) is 0 Å². The van der Waals surface area contributed by atoms with Gasteiger partial charge in [-0.2, -0.15) is 0 Å². The fourth-order valence-electron chi connectivity index (χ4n) is 2.52. The first-order valence-electron chi connectivity index (χ1n) is 6.38. The van der Waals surface area contributed by atoms with E-state index in [4.69, 9.17) is 0 Å². The van der Waals surface area contributed by atoms with Gasteiger partial charge in [-0.1, -0.05) is 31.4 Å². The molecule has 6 heteroatoms. The zero-order valence-corrected chi connectivity index (χ0v) is 11.4. The number of nitrogens with one attached hydrogen (secondary N) is 1. The lowest BCUT2D eigenvalue weighted by molar-refractivity contribution is 0.142. The van der Waals surface area contributed by atoms with Gasteiger partial charge in [0.1, 0.15) is 10.7 Å². The standard InChI is InChI=1S/C13H18FNO3S/c14-11-6-2-3-7-12(11)19(17,18)15-13(10-16)8-4-1-5-9-13/h2-3,6-7,15-16H,1,4-5,8-10H2. The molecule has 4 nitrogen and oxygen atoms in total. The normalized spacial score (nSPS) is 19.3. The smallest absolute Gasteiger partial charge is 0.244 e. The monoisotopic (exact) mass is 287 g/mol. The molecule has 106 valence electrons. The van der Waals surface area contributed by atoms with Crippen molar-refractivity contribution in [3.63, 3.8) is 0 Å². The van der Waals surface area contributed by atoms with Gasteiger partial charge in [0.15, 0.2) is 0 Å². The van der Waals surface area contributed by atoms with Crippen LogP contribution in [0.5, 0.6) is 0 Å². The molecule has 0 saturated heterocycles. The molecule has 0 atom stereocenters. The van der Waals surface area contributed by atoms with Gasteiger partial charge in [0.25, 0.3) is 0 Å². The van der Waals surface area contributed by atoms with Crippen LogP contribution in [0.4, 0.5) is 4.39 Å². The number of hydrogen-bond acceptors (Lipinski definition) is 3. The quantitative estimate of drug-likeness (QED) is 0.887. The Morgan fingerprint density at radius 2 is 1.84 bits per heavy atom. The van der Waals surface area contributed by atoms with Crippen LogP contribution in [0.15, 0.2) is 29.2 Å². The summed E-state index contributed by atoms with van der Waals surface area (Å²) in [6, 6.07) is 5.26. The Kier molecular flexibility index (Phi) is 4.23. The van der Waals surface area contributed by atoms with Crippen LogP contribution in [0, 0.1) is 5.82 Å². The van der Waals surface area contributed by atoms with E-state index in [0.29, 0.717) is 12.8 Å². The van der Waals surface area contributed by atoms with Crippen molar-refractivity contribution in [2.75, 3.05) is 6.61 Å². The third-order valence-corrected chi connectivity index (χ3v) is 5.20. The number of aliphatic hydroxyl groups excluding tert-OH is 1. The highest BCUT2D eigenvalue weighted by molar-refractivity contribution is 7.89. The van der Waals surface area contributed by atoms with Crippen LogP contribution >= 0.6 is 0 Å². The van der Waals surface area contributed by atoms with Crippen LogP contribution in [0.1, 0.15) is 32.1 Å². The summed E-state index contributed by atoms with van der Waals surface area (Å²) in [7, 11) is -3.95. The van der Waals surface area contributed by atoms with Crippen LogP contribution in [-0.4, -0.2) is 25.7 Å². The summed E-state index contributed by atoms with van der Waals surface area (Å²) >= 11 is 0. The summed E-state index contributed by atoms with van der Waals surface area (Å²) in [4.78, 5) is -0.367. The molecule has 2 rings (SSSR count). The fourth-order valence-corrected chi connectivity index (χ4v) is 4.05. The average molecular weight is 287 g/mol. The van der Waals surface area contributed by atoms with Crippen molar-refractivity contribution in [3.05, 3.63) is 30.1 Å². The van der Waals surface area contributed by atoms with Crippen LogP contribution in [0.25, 0.3) is 0 Å². The first kappa shape index (κ1) is 14.4. The molecule has 0 unspecified atom stereocenters. The van der Waals surface area contributed by atoms with Gasteiger partial charge in [0.2, 0.25) is 10.0 Å². The van der Waals surface area contributed by atoms with Crippen molar-refractivity contribution in [3.8, 4) is 0 Å².